The lowest BCUT2D eigenvalue weighted by Crippen LogP contribution is -2.12. The molecule has 7 aromatic rings. The Kier molecular flexibility index (Phi) is 28.9. The van der Waals surface area contributed by atoms with Crippen molar-refractivity contribution in [2.75, 3.05) is 119 Å². The SMILES string of the molecule is Cc1ccc(-c2ccc(COCCOCCOCCOCc3cc(COCCOCCOCCOCc4ccc(-c5ccc(C)cn5)nc4)cc(COCCOCCOCCOCc4ccc(-c5ccc(C)cn5)nc4)c3)cn2)nc1. The molecule has 0 unspecified atom stereocenters. The van der Waals surface area contributed by atoms with Crippen LogP contribution in [0.5, 0.6) is 0 Å². The molecule has 0 saturated heterocycles. The van der Waals surface area contributed by atoms with Crippen molar-refractivity contribution in [3.8, 4) is 34.2 Å². The molecule has 0 N–H and O–H groups in total. The smallest absolute Gasteiger partial charge is 0.0886 e. The first-order valence-electron chi connectivity index (χ1n) is 27.6. The van der Waals surface area contributed by atoms with Crippen molar-refractivity contribution < 1.29 is 56.8 Å². The van der Waals surface area contributed by atoms with E-state index in [1.165, 1.54) is 0 Å². The molecule has 1 aromatic carbocycles. The summed E-state index contributed by atoms with van der Waals surface area (Å²) < 4.78 is 69.7. The first kappa shape index (κ1) is 62.2. The molecule has 0 aliphatic carbocycles. The maximum atomic E-state index is 6.01. The molecule has 0 radical (unpaired) electrons. The van der Waals surface area contributed by atoms with E-state index in [9.17, 15) is 0 Å². The second kappa shape index (κ2) is 37.6. The number of rotatable bonds is 42. The fourth-order valence-electron chi connectivity index (χ4n) is 7.74. The Morgan fingerprint density at radius 1 is 0.210 bits per heavy atom. The number of nitrogens with zero attached hydrogens (tertiary/aromatic N) is 6. The molecule has 0 amide bonds. The van der Waals surface area contributed by atoms with Gasteiger partial charge in [0.25, 0.3) is 0 Å². The zero-order valence-corrected chi connectivity index (χ0v) is 47.2. The monoisotopic (exact) mass is 1110 g/mol. The molecule has 6 heterocycles. The van der Waals surface area contributed by atoms with Gasteiger partial charge in [0.15, 0.2) is 0 Å². The van der Waals surface area contributed by atoms with Crippen molar-refractivity contribution in [2.45, 2.75) is 60.4 Å². The van der Waals surface area contributed by atoms with Gasteiger partial charge in [0.2, 0.25) is 0 Å². The largest absolute Gasteiger partial charge is 0.377 e. The van der Waals surface area contributed by atoms with Crippen molar-refractivity contribution in [3.63, 3.8) is 0 Å². The topological polar surface area (TPSA) is 188 Å². The Hall–Kier alpha value is -6.36. The van der Waals surface area contributed by atoms with Crippen molar-refractivity contribution in [3.05, 3.63) is 178 Å². The van der Waals surface area contributed by atoms with Gasteiger partial charge in [-0.15, -0.1) is 0 Å². The molecule has 18 heteroatoms. The Morgan fingerprint density at radius 3 is 0.580 bits per heavy atom. The van der Waals surface area contributed by atoms with Gasteiger partial charge in [-0.05, 0) is 107 Å². The van der Waals surface area contributed by atoms with Crippen molar-refractivity contribution in [1.29, 1.82) is 0 Å². The van der Waals surface area contributed by atoms with Gasteiger partial charge in [-0.3, -0.25) is 29.9 Å². The average molecular weight is 1110 g/mol. The predicted molar refractivity (Wildman–Crippen MR) is 306 cm³/mol. The molecular formula is C63H78N6O12. The van der Waals surface area contributed by atoms with Gasteiger partial charge in [0, 0.05) is 37.2 Å². The molecule has 432 valence electrons. The van der Waals surface area contributed by atoms with Crippen molar-refractivity contribution >= 4 is 0 Å². The minimum Gasteiger partial charge on any atom is -0.377 e. The number of hydrogen-bond acceptors (Lipinski definition) is 18. The lowest BCUT2D eigenvalue weighted by atomic mass is 10.1. The molecule has 0 saturated carbocycles. The summed E-state index contributed by atoms with van der Waals surface area (Å²) in [5.41, 5.74) is 14.4. The van der Waals surface area contributed by atoms with Crippen LogP contribution in [-0.4, -0.2) is 149 Å². The molecule has 0 atom stereocenters. The quantitative estimate of drug-likeness (QED) is 0.0329. The van der Waals surface area contributed by atoms with E-state index in [-0.39, 0.29) is 0 Å². The van der Waals surface area contributed by atoms with Crippen LogP contribution in [0.15, 0.2) is 128 Å². The second-order valence-corrected chi connectivity index (χ2v) is 19.0. The Bertz CT molecular complexity index is 2450. The summed E-state index contributed by atoms with van der Waals surface area (Å²) in [4.78, 5) is 26.9. The number of aryl methyl sites for hydroxylation is 3. The first-order valence-corrected chi connectivity index (χ1v) is 27.6. The molecule has 0 fully saturated rings. The van der Waals surface area contributed by atoms with Crippen LogP contribution in [-0.2, 0) is 96.5 Å². The van der Waals surface area contributed by atoms with Gasteiger partial charge >= 0.3 is 0 Å². The zero-order valence-electron chi connectivity index (χ0n) is 47.2. The zero-order chi connectivity index (χ0) is 56.2. The minimum atomic E-state index is 0.412. The van der Waals surface area contributed by atoms with E-state index >= 15 is 0 Å². The molecule has 0 aliphatic heterocycles. The third-order valence-electron chi connectivity index (χ3n) is 12.1. The molecule has 0 spiro atoms. The third kappa shape index (κ3) is 25.1. The highest BCUT2D eigenvalue weighted by molar-refractivity contribution is 5.55. The van der Waals surface area contributed by atoms with Crippen LogP contribution in [0.1, 0.15) is 50.1 Å². The third-order valence-corrected chi connectivity index (χ3v) is 12.1. The Balaban J connectivity index is 0.716. The highest BCUT2D eigenvalue weighted by atomic mass is 16.6. The Morgan fingerprint density at radius 2 is 0.395 bits per heavy atom. The summed E-state index contributed by atoms with van der Waals surface area (Å²) in [6, 6.07) is 30.2. The fourth-order valence-corrected chi connectivity index (χ4v) is 7.74. The number of benzene rings is 1. The lowest BCUT2D eigenvalue weighted by molar-refractivity contribution is -0.00722. The van der Waals surface area contributed by atoms with E-state index in [0.717, 1.165) is 84.2 Å². The summed E-state index contributed by atoms with van der Waals surface area (Å²) in [7, 11) is 0. The standard InChI is InChI=1S/C63H78N6O12/c1-49-4-10-58(64-37-49)61-13-7-52(40-67-61)43-76-28-22-70-16-19-73-25-31-79-46-55-34-56(47-80-32-26-74-20-17-71-23-29-77-44-53-8-14-62(68-41-53)59-11-5-50(2)38-65-59)36-57(35-55)48-81-33-27-75-21-18-72-24-30-78-45-54-9-15-63(69-42-54)60-12-6-51(3)39-66-60/h4-15,34-42H,16-33,43-48H2,1-3H3. The molecule has 6 aromatic heterocycles. The summed E-state index contributed by atoms with van der Waals surface area (Å²) in [5.74, 6) is 0. The van der Waals surface area contributed by atoms with Crippen LogP contribution in [0.2, 0.25) is 0 Å². The molecule has 81 heavy (non-hydrogen) atoms. The van der Waals surface area contributed by atoms with Crippen LogP contribution >= 0.6 is 0 Å². The predicted octanol–water partition coefficient (Wildman–Crippen LogP) is 9.28. The van der Waals surface area contributed by atoms with Crippen molar-refractivity contribution in [2.24, 2.45) is 0 Å². The van der Waals surface area contributed by atoms with Crippen LogP contribution in [0.25, 0.3) is 34.2 Å². The maximum absolute atomic E-state index is 6.01. The summed E-state index contributed by atoms with van der Waals surface area (Å²) in [6.45, 7) is 16.9. The highest BCUT2D eigenvalue weighted by Crippen LogP contribution is 2.19. The van der Waals surface area contributed by atoms with Gasteiger partial charge in [-0.1, -0.05) is 54.6 Å². The lowest BCUT2D eigenvalue weighted by Gasteiger charge is -2.12. The van der Waals surface area contributed by atoms with E-state index in [1.54, 1.807) is 0 Å². The van der Waals surface area contributed by atoms with Gasteiger partial charge in [-0.25, -0.2) is 0 Å². The molecule has 0 aliphatic rings. The molecule has 7 rings (SSSR count). The molecule has 18 nitrogen and oxygen atoms in total. The second-order valence-electron chi connectivity index (χ2n) is 19.0. The summed E-state index contributed by atoms with van der Waals surface area (Å²) in [6.07, 6.45) is 11.0. The highest BCUT2D eigenvalue weighted by Gasteiger charge is 2.08. The van der Waals surface area contributed by atoms with E-state index in [1.807, 2.05) is 131 Å². The fraction of sp³-hybridized carbons (Fsp3) is 0.429. The normalized spacial score (nSPS) is 11.4. The van der Waals surface area contributed by atoms with Crippen LogP contribution in [0.3, 0.4) is 0 Å². The van der Waals surface area contributed by atoms with Crippen LogP contribution in [0, 0.1) is 20.8 Å². The van der Waals surface area contributed by atoms with Gasteiger partial charge in [0.1, 0.15) is 0 Å². The number of pyridine rings is 6. The number of aromatic nitrogens is 6. The van der Waals surface area contributed by atoms with E-state index in [2.05, 4.69) is 48.1 Å². The van der Waals surface area contributed by atoms with E-state index in [0.29, 0.717) is 159 Å². The maximum Gasteiger partial charge on any atom is 0.0886 e. The van der Waals surface area contributed by atoms with Crippen LogP contribution < -0.4 is 0 Å². The number of hydrogen-bond donors (Lipinski definition) is 0. The van der Waals surface area contributed by atoms with E-state index in [4.69, 9.17) is 56.8 Å². The first-order chi connectivity index (χ1) is 39.9. The number of ether oxygens (including phenoxy) is 12. The minimum absolute atomic E-state index is 0.412. The molecular weight excluding hydrogens is 1030 g/mol. The summed E-state index contributed by atoms with van der Waals surface area (Å²) in [5, 5.41) is 0. The Labute approximate surface area is 476 Å². The van der Waals surface area contributed by atoms with Crippen molar-refractivity contribution in [1.82, 2.24) is 29.9 Å². The summed E-state index contributed by atoms with van der Waals surface area (Å²) >= 11 is 0. The van der Waals surface area contributed by atoms with Gasteiger partial charge in [0.05, 0.1) is 193 Å². The van der Waals surface area contributed by atoms with E-state index < -0.39 is 0 Å². The van der Waals surface area contributed by atoms with Crippen LogP contribution in [0.4, 0.5) is 0 Å². The molecule has 0 bridgehead atoms. The van der Waals surface area contributed by atoms with Gasteiger partial charge in [-0.2, -0.15) is 0 Å². The average Bonchev–Trinajstić information content (AvgIpc) is 3.51. The van der Waals surface area contributed by atoms with Gasteiger partial charge < -0.3 is 56.8 Å².